The fraction of sp³-hybridized carbons (Fsp3) is 0.174. The molecule has 0 saturated carbocycles. The summed E-state index contributed by atoms with van der Waals surface area (Å²) in [5, 5.41) is 11.5. The summed E-state index contributed by atoms with van der Waals surface area (Å²) < 4.78 is 90.2. The number of fused-ring (bicyclic) bond motifs is 5. The molecule has 8 aromatic carbocycles. The Morgan fingerprint density at radius 1 is 0.302 bits per heavy atom. The normalized spacial score (nSPS) is 13.8. The highest BCUT2D eigenvalue weighted by Gasteiger charge is 2.24. The van der Waals surface area contributed by atoms with Crippen LogP contribution in [-0.4, -0.2) is 179 Å². The molecular formula is C121H99Cl3F5N17O3. The molecule has 0 spiro atoms. The summed E-state index contributed by atoms with van der Waals surface area (Å²) in [6.45, 7) is 16.2. The first-order valence-corrected chi connectivity index (χ1v) is 50.7. The molecule has 16 heterocycles. The van der Waals surface area contributed by atoms with Crippen LogP contribution in [0.3, 0.4) is 0 Å². The maximum atomic E-state index is 14.7. The number of likely N-dealkylation sites (tertiary alicyclic amines) is 1. The van der Waals surface area contributed by atoms with E-state index in [1.165, 1.54) is 79.0 Å². The summed E-state index contributed by atoms with van der Waals surface area (Å²) in [6, 6.07) is 79.1. The lowest BCUT2D eigenvalue weighted by atomic mass is 9.94. The van der Waals surface area contributed by atoms with Crippen molar-refractivity contribution >= 4 is 78.9 Å². The van der Waals surface area contributed by atoms with Crippen molar-refractivity contribution < 1.29 is 36.2 Å². The maximum absolute atomic E-state index is 14.7. The molecule has 0 amide bonds. The highest BCUT2D eigenvalue weighted by atomic mass is 35.5. The second kappa shape index (κ2) is 46.7. The van der Waals surface area contributed by atoms with Crippen LogP contribution in [-0.2, 0) is 24.1 Å². The van der Waals surface area contributed by atoms with Crippen LogP contribution in [0.2, 0.25) is 15.1 Å². The lowest BCUT2D eigenvalue weighted by Crippen LogP contribution is -2.44. The van der Waals surface area contributed by atoms with E-state index in [9.17, 15) is 22.0 Å². The molecule has 742 valence electrons. The molecule has 149 heavy (non-hydrogen) atoms. The van der Waals surface area contributed by atoms with E-state index < -0.39 is 17.5 Å². The smallest absolute Gasteiger partial charge is 0.160 e. The van der Waals surface area contributed by atoms with E-state index in [2.05, 4.69) is 146 Å². The molecule has 4 aliphatic heterocycles. The molecule has 20 nitrogen and oxygen atoms in total. The molecule has 4 aliphatic rings. The molecule has 20 aromatic rings. The minimum atomic E-state index is -0.550. The second-order valence-electron chi connectivity index (χ2n) is 36.8. The standard InChI is InChI=1S/2C31H26ClFN4O.C31H27F2N5O.C28H20ClFN4/c32-25-7-8-29(33)28(17-25)30-18-27(26-2-1-10-35-31(26)36-30)24-16-23(19-34-20-24)22-5-3-21(4-6-22)9-11-37-12-14-38-15-13-37;32-24-7-10-29(33)28(17-24)30-18-27(26-4-3-11-35-31(26)36-30)23-16-22(19-34-20-23)21-5-8-25(9-6-21)38-15-14-37-12-1-2-13-37;32-24-6-7-29(33)28(17-24)30-18-27(26-5-2-8-36-31(26)37-30)23-15-22(19-35-20-23)21-3-1-4-25(16-21)39-14-13-38-11-9-34-10-12-38;29-22-5-6-26(30)25(12-22)27-13-24(23-2-1-8-33-28(23)34-27)21-11-20(15-32-16-21)17-3-4-19-14-31-9-7-18(19)10-17/h1-8,10,16-20H,9,11-15H2;3-11,16-20H,1-2,12-15H2;1-8,15-20,34H,9-14H2;1-6,8,10-13,15-16,31H,7,9,14H2. The van der Waals surface area contributed by atoms with Gasteiger partial charge in [-0.05, 0) is 301 Å². The van der Waals surface area contributed by atoms with Crippen LogP contribution in [0.15, 0.2) is 335 Å². The molecule has 0 radical (unpaired) electrons. The van der Waals surface area contributed by atoms with Crippen LogP contribution in [0.1, 0.15) is 29.5 Å². The van der Waals surface area contributed by atoms with Crippen molar-refractivity contribution in [2.75, 3.05) is 105 Å². The zero-order valence-electron chi connectivity index (χ0n) is 81.1. The quantitative estimate of drug-likeness (QED) is 0.0569. The minimum absolute atomic E-state index is 0.0820. The van der Waals surface area contributed by atoms with Gasteiger partial charge in [-0.3, -0.25) is 34.6 Å². The molecule has 24 rings (SSSR count). The number of aromatic nitrogens is 12. The number of benzene rings is 8. The minimum Gasteiger partial charge on any atom is -0.492 e. The Balaban J connectivity index is 0.000000116. The van der Waals surface area contributed by atoms with Crippen molar-refractivity contribution in [3.05, 3.63) is 396 Å². The Kier molecular flexibility index (Phi) is 31.2. The number of nitrogens with zero attached hydrogens (tertiary/aromatic N) is 15. The highest BCUT2D eigenvalue weighted by Crippen LogP contribution is 2.42. The topological polar surface area (TPSA) is 216 Å². The zero-order chi connectivity index (χ0) is 101. The number of pyridine rings is 12. The van der Waals surface area contributed by atoms with Gasteiger partial charge in [-0.15, -0.1) is 0 Å². The van der Waals surface area contributed by atoms with Crippen molar-refractivity contribution in [1.82, 2.24) is 85.1 Å². The van der Waals surface area contributed by atoms with Gasteiger partial charge in [0, 0.05) is 243 Å². The number of hydrogen-bond acceptors (Lipinski definition) is 20. The molecule has 3 fully saturated rings. The van der Waals surface area contributed by atoms with E-state index in [0.717, 1.165) is 238 Å². The average Bonchev–Trinajstić information content (AvgIpc) is 0.993. The first-order chi connectivity index (χ1) is 73.1. The van der Waals surface area contributed by atoms with E-state index in [0.29, 0.717) is 90.3 Å². The second-order valence-corrected chi connectivity index (χ2v) is 38.1. The van der Waals surface area contributed by atoms with Gasteiger partial charge < -0.3 is 24.8 Å². The number of hydrogen-bond donors (Lipinski definition) is 2. The van der Waals surface area contributed by atoms with Crippen LogP contribution < -0.4 is 20.1 Å². The molecule has 3 saturated heterocycles. The number of morpholine rings is 1. The van der Waals surface area contributed by atoms with Gasteiger partial charge in [0.2, 0.25) is 0 Å². The number of piperazine rings is 1. The van der Waals surface area contributed by atoms with Crippen molar-refractivity contribution in [3.8, 4) is 146 Å². The van der Waals surface area contributed by atoms with Gasteiger partial charge in [0.05, 0.1) is 36.0 Å². The van der Waals surface area contributed by atoms with Gasteiger partial charge in [-0.2, -0.15) is 0 Å². The highest BCUT2D eigenvalue weighted by molar-refractivity contribution is 6.31. The third kappa shape index (κ3) is 24.0. The van der Waals surface area contributed by atoms with Gasteiger partial charge in [0.1, 0.15) is 53.8 Å². The lowest BCUT2D eigenvalue weighted by molar-refractivity contribution is 0.0384. The number of rotatable bonds is 23. The predicted molar refractivity (Wildman–Crippen MR) is 582 cm³/mol. The molecule has 0 bridgehead atoms. The number of ether oxygens (including phenoxy) is 3. The van der Waals surface area contributed by atoms with Gasteiger partial charge >= 0.3 is 0 Å². The summed E-state index contributed by atoms with van der Waals surface area (Å²) >= 11 is 18.5. The molecule has 2 N–H and O–H groups in total. The Hall–Kier alpha value is -15.5. The van der Waals surface area contributed by atoms with E-state index >= 15 is 0 Å². The molecular weight excluding hydrogens is 1940 g/mol. The summed E-state index contributed by atoms with van der Waals surface area (Å²) in [4.78, 5) is 61.5. The van der Waals surface area contributed by atoms with Gasteiger partial charge in [0.15, 0.2) is 22.6 Å². The van der Waals surface area contributed by atoms with Gasteiger partial charge in [-0.25, -0.2) is 61.8 Å². The first kappa shape index (κ1) is 99.5. The number of nitrogens with one attached hydrogen (secondary N) is 2. The molecule has 12 aromatic heterocycles. The Bertz CT molecular complexity index is 8250. The van der Waals surface area contributed by atoms with E-state index in [4.69, 9.17) is 49.0 Å². The monoisotopic (exact) mass is 2040 g/mol. The summed E-state index contributed by atoms with van der Waals surface area (Å²) in [5.74, 6) is -0.581. The Morgan fingerprint density at radius 3 is 1.15 bits per heavy atom. The van der Waals surface area contributed by atoms with Crippen LogP contribution >= 0.6 is 34.8 Å². The average molecular weight is 2040 g/mol. The van der Waals surface area contributed by atoms with Crippen molar-refractivity contribution in [3.63, 3.8) is 0 Å². The summed E-state index contributed by atoms with van der Waals surface area (Å²) in [5.41, 5.74) is 24.0. The molecule has 28 heteroatoms. The first-order valence-electron chi connectivity index (χ1n) is 49.6. The van der Waals surface area contributed by atoms with Gasteiger partial charge in [-0.1, -0.05) is 102 Å². The molecule has 0 aliphatic carbocycles. The largest absolute Gasteiger partial charge is 0.492 e. The van der Waals surface area contributed by atoms with E-state index in [-0.39, 0.29) is 17.2 Å². The van der Waals surface area contributed by atoms with Crippen LogP contribution in [0.4, 0.5) is 22.0 Å². The fourth-order valence-electron chi connectivity index (χ4n) is 19.2. The predicted octanol–water partition coefficient (Wildman–Crippen LogP) is 26.0. The summed E-state index contributed by atoms with van der Waals surface area (Å²) in [7, 11) is 0. The van der Waals surface area contributed by atoms with Crippen LogP contribution in [0.5, 0.6) is 11.5 Å². The van der Waals surface area contributed by atoms with E-state index in [1.807, 2.05) is 152 Å². The molecule has 0 atom stereocenters. The van der Waals surface area contributed by atoms with Gasteiger partial charge in [0.25, 0.3) is 0 Å². The van der Waals surface area contributed by atoms with Crippen molar-refractivity contribution in [1.29, 1.82) is 0 Å². The van der Waals surface area contributed by atoms with E-state index in [1.54, 1.807) is 67.6 Å². The van der Waals surface area contributed by atoms with Crippen LogP contribution in [0, 0.1) is 29.1 Å². The maximum Gasteiger partial charge on any atom is 0.160 e. The Morgan fingerprint density at radius 2 is 0.691 bits per heavy atom. The summed E-state index contributed by atoms with van der Waals surface area (Å²) in [6.07, 6.45) is 25.9. The van der Waals surface area contributed by atoms with Crippen LogP contribution in [0.25, 0.3) is 178 Å². The fourth-order valence-corrected chi connectivity index (χ4v) is 19.7. The van der Waals surface area contributed by atoms with Crippen molar-refractivity contribution in [2.24, 2.45) is 0 Å². The van der Waals surface area contributed by atoms with Crippen molar-refractivity contribution in [2.45, 2.75) is 32.2 Å². The Labute approximate surface area is 873 Å². The zero-order valence-corrected chi connectivity index (χ0v) is 83.3. The number of halogens is 8. The SMILES string of the molecule is Fc1ccc(Cl)cc1-c1cc(-c2cncc(-c3ccc(CCN4CCOCC4)cc3)c2)c2cccnc2n1.Fc1ccc(Cl)cc1-c1cc(-c2cncc(-c3ccc(OCCN4CCCC4)cc3)c2)c2cccnc2n1.Fc1ccc(Cl)cc1-c1cc(-c2cncc(-c3ccc4c(c3)CCNC4)c2)c2cccnc2n1.Fc1ccc(F)c(-c2cc(-c3cncc(-c4cccc(OCCN5CCNCC5)c4)c3)c3cccnc3n2)c1. The third-order valence-corrected chi connectivity index (χ3v) is 27.7. The third-order valence-electron chi connectivity index (χ3n) is 27.0. The molecule has 0 unspecified atom stereocenters. The lowest BCUT2D eigenvalue weighted by Gasteiger charge is -2.26.